The number of hydrazone groups is 1. The molecule has 10 nitrogen and oxygen atoms in total. The van der Waals surface area contributed by atoms with Gasteiger partial charge >= 0.3 is 0 Å². The van der Waals surface area contributed by atoms with E-state index in [-0.39, 0.29) is 39.6 Å². The topological polar surface area (TPSA) is 134 Å². The molecule has 2 aromatic rings. The molecule has 1 aromatic carbocycles. The van der Waals surface area contributed by atoms with Crippen molar-refractivity contribution in [1.82, 2.24) is 5.01 Å². The van der Waals surface area contributed by atoms with Crippen LogP contribution >= 0.6 is 11.8 Å². The zero-order valence-electron chi connectivity index (χ0n) is 20.7. The van der Waals surface area contributed by atoms with Crippen LogP contribution in [0.1, 0.15) is 44.3 Å². The molecule has 11 heteroatoms. The second-order valence-electron chi connectivity index (χ2n) is 11.0. The Hall–Kier alpha value is -3.73. The van der Waals surface area contributed by atoms with E-state index >= 15 is 0 Å². The summed E-state index contributed by atoms with van der Waals surface area (Å²) in [4.78, 5) is 28.3. The molecule has 0 unspecified atom stereocenters. The van der Waals surface area contributed by atoms with Crippen LogP contribution in [-0.2, 0) is 4.79 Å². The summed E-state index contributed by atoms with van der Waals surface area (Å²) >= 11 is 1.45. The summed E-state index contributed by atoms with van der Waals surface area (Å²) in [6.45, 7) is 0. The van der Waals surface area contributed by atoms with Crippen LogP contribution in [0.5, 0.6) is 5.75 Å². The number of rotatable bonds is 5. The van der Waals surface area contributed by atoms with Crippen LogP contribution in [-0.4, -0.2) is 39.0 Å². The molecule has 8 rings (SSSR count). The van der Waals surface area contributed by atoms with Gasteiger partial charge in [0, 0.05) is 5.41 Å². The van der Waals surface area contributed by atoms with Gasteiger partial charge < -0.3 is 9.15 Å². The molecule has 0 radical (unpaired) electrons. The molecule has 38 heavy (non-hydrogen) atoms. The Balaban J connectivity index is 1.18. The van der Waals surface area contributed by atoms with Gasteiger partial charge in [0.1, 0.15) is 22.3 Å². The number of nitro groups is 1. The molecule has 6 aliphatic rings. The molecule has 1 aromatic heterocycles. The third-order valence-corrected chi connectivity index (χ3v) is 9.68. The maximum atomic E-state index is 13.0. The third kappa shape index (κ3) is 3.63. The number of amidine groups is 2. The second kappa shape index (κ2) is 8.39. The average Bonchev–Trinajstić information content (AvgIpc) is 3.53. The van der Waals surface area contributed by atoms with Crippen molar-refractivity contribution in [3.05, 3.63) is 51.8 Å². The number of fused-ring (bicyclic) bond motifs is 1. The van der Waals surface area contributed by atoms with Gasteiger partial charge in [0.25, 0.3) is 11.6 Å². The van der Waals surface area contributed by atoms with E-state index in [0.29, 0.717) is 10.9 Å². The normalized spacial score (nSPS) is 30.5. The Bertz CT molecular complexity index is 1470. The average molecular weight is 532 g/mol. The Morgan fingerprint density at radius 2 is 1.89 bits per heavy atom. The molecule has 1 amide bonds. The second-order valence-corrected chi connectivity index (χ2v) is 11.9. The number of aliphatic imine (C=N–C) groups is 1. The van der Waals surface area contributed by atoms with Crippen molar-refractivity contribution in [3.8, 4) is 17.1 Å². The Morgan fingerprint density at radius 3 is 2.55 bits per heavy atom. The molecule has 0 atom stereocenters. The zero-order chi connectivity index (χ0) is 26.2. The fourth-order valence-electron chi connectivity index (χ4n) is 7.29. The number of nitrogens with zero attached hydrogens (tertiary/aromatic N) is 4. The van der Waals surface area contributed by atoms with Crippen molar-refractivity contribution < 1.29 is 18.9 Å². The fourth-order valence-corrected chi connectivity index (χ4v) is 8.40. The van der Waals surface area contributed by atoms with Gasteiger partial charge in [-0.25, -0.2) is 0 Å². The number of carbonyl (C=O) groups is 1. The highest BCUT2D eigenvalue weighted by Gasteiger charge is 2.55. The van der Waals surface area contributed by atoms with Gasteiger partial charge in [-0.05, 0) is 98.4 Å². The van der Waals surface area contributed by atoms with Gasteiger partial charge in [-0.2, -0.15) is 15.1 Å². The molecular weight excluding hydrogens is 506 g/mol. The van der Waals surface area contributed by atoms with E-state index in [1.165, 1.54) is 55.3 Å². The van der Waals surface area contributed by atoms with E-state index in [1.54, 1.807) is 24.3 Å². The third-order valence-electron chi connectivity index (χ3n) is 8.53. The minimum Gasteiger partial charge on any atom is -0.497 e. The highest BCUT2D eigenvalue weighted by Crippen LogP contribution is 2.62. The van der Waals surface area contributed by atoms with Gasteiger partial charge in [0.05, 0.1) is 29.2 Å². The SMILES string of the molecule is COc1ccc(-c2ccc(/C=C3/C(=N)N4N=C(C56CC7CC(CC(C7)C5)C6)SC4=NC3=O)o2)c([N+](=O)[O-])c1. The Kier molecular flexibility index (Phi) is 5.16. The van der Waals surface area contributed by atoms with E-state index in [9.17, 15) is 14.9 Å². The van der Waals surface area contributed by atoms with Crippen molar-refractivity contribution in [3.63, 3.8) is 0 Å². The minimum atomic E-state index is -0.524. The van der Waals surface area contributed by atoms with Crippen LogP contribution in [0.25, 0.3) is 17.4 Å². The lowest BCUT2D eigenvalue weighted by molar-refractivity contribution is -0.384. The predicted octanol–water partition coefficient (Wildman–Crippen LogP) is 5.70. The molecule has 0 spiro atoms. The van der Waals surface area contributed by atoms with Crippen molar-refractivity contribution in [2.24, 2.45) is 33.3 Å². The summed E-state index contributed by atoms with van der Waals surface area (Å²) in [5, 5.41) is 28.1. The molecule has 194 valence electrons. The number of benzene rings is 1. The highest BCUT2D eigenvalue weighted by atomic mass is 32.2. The maximum Gasteiger partial charge on any atom is 0.284 e. The lowest BCUT2D eigenvalue weighted by Crippen LogP contribution is -2.49. The van der Waals surface area contributed by atoms with Crippen molar-refractivity contribution in [2.45, 2.75) is 38.5 Å². The first kappa shape index (κ1) is 23.4. The van der Waals surface area contributed by atoms with Crippen molar-refractivity contribution in [1.29, 1.82) is 5.41 Å². The maximum absolute atomic E-state index is 13.0. The van der Waals surface area contributed by atoms with Crippen molar-refractivity contribution >= 4 is 45.5 Å². The first-order valence-corrected chi connectivity index (χ1v) is 13.6. The Morgan fingerprint density at radius 1 is 1.18 bits per heavy atom. The quantitative estimate of drug-likeness (QED) is 0.297. The largest absolute Gasteiger partial charge is 0.497 e. The zero-order valence-corrected chi connectivity index (χ0v) is 21.5. The van der Waals surface area contributed by atoms with Gasteiger partial charge in [0.15, 0.2) is 5.84 Å². The molecule has 1 N–H and O–H groups in total. The number of ether oxygens (including phenoxy) is 1. The first-order valence-electron chi connectivity index (χ1n) is 12.8. The summed E-state index contributed by atoms with van der Waals surface area (Å²) in [5.41, 5.74) is 0.242. The van der Waals surface area contributed by atoms with E-state index in [4.69, 9.17) is 19.7 Å². The number of nitrogens with one attached hydrogen (secondary N) is 1. The smallest absolute Gasteiger partial charge is 0.284 e. The molecule has 4 bridgehead atoms. The number of hydrogen-bond donors (Lipinski definition) is 1. The van der Waals surface area contributed by atoms with E-state index in [0.717, 1.165) is 42.1 Å². The summed E-state index contributed by atoms with van der Waals surface area (Å²) in [5.74, 6) is 2.63. The molecule has 4 aliphatic carbocycles. The highest BCUT2D eigenvalue weighted by molar-refractivity contribution is 8.27. The van der Waals surface area contributed by atoms with Gasteiger partial charge in [-0.15, -0.1) is 0 Å². The molecule has 4 saturated carbocycles. The summed E-state index contributed by atoms with van der Waals surface area (Å²) in [6.07, 6.45) is 8.86. The standard InChI is InChI=1S/C27H25N5O5S/c1-36-17-2-4-19(21(10-17)32(34)35)22-5-3-18(37-22)9-20-23(28)31-26(29-24(20)33)38-25(30-31)27-11-14-6-15(12-27)8-16(7-14)13-27/h2-5,9-10,14-16,28H,6-8,11-13H2,1H3/b20-9-,28-23?. The predicted molar refractivity (Wildman–Crippen MR) is 143 cm³/mol. The number of furan rings is 1. The van der Waals surface area contributed by atoms with Crippen LogP contribution in [0, 0.1) is 38.7 Å². The monoisotopic (exact) mass is 531 g/mol. The van der Waals surface area contributed by atoms with Crippen LogP contribution in [0.3, 0.4) is 0 Å². The van der Waals surface area contributed by atoms with Gasteiger partial charge in [0.2, 0.25) is 5.17 Å². The lowest BCUT2D eigenvalue weighted by atomic mass is 9.50. The number of hydrogen-bond acceptors (Lipinski definition) is 8. The first-order chi connectivity index (χ1) is 18.3. The summed E-state index contributed by atoms with van der Waals surface area (Å²) < 4.78 is 11.0. The fraction of sp³-hybridized carbons (Fsp3) is 0.407. The molecule has 4 fully saturated rings. The number of thioether (sulfide) groups is 1. The van der Waals surface area contributed by atoms with Gasteiger partial charge in [-0.1, -0.05) is 0 Å². The van der Waals surface area contributed by atoms with Crippen LogP contribution < -0.4 is 4.74 Å². The lowest BCUT2D eigenvalue weighted by Gasteiger charge is -2.56. The van der Waals surface area contributed by atoms with Crippen LogP contribution in [0.2, 0.25) is 0 Å². The summed E-state index contributed by atoms with van der Waals surface area (Å²) in [6, 6.07) is 7.71. The molecule has 3 heterocycles. The van der Waals surface area contributed by atoms with Crippen molar-refractivity contribution in [2.75, 3.05) is 7.11 Å². The molecular formula is C27H25N5O5S. The van der Waals surface area contributed by atoms with E-state index in [1.807, 2.05) is 0 Å². The summed E-state index contributed by atoms with van der Waals surface area (Å²) in [7, 11) is 1.44. The number of methoxy groups -OCH3 is 1. The van der Waals surface area contributed by atoms with Crippen LogP contribution in [0.4, 0.5) is 5.69 Å². The molecule has 2 aliphatic heterocycles. The van der Waals surface area contributed by atoms with E-state index < -0.39 is 10.8 Å². The number of carbonyl (C=O) groups excluding carboxylic acids is 1. The van der Waals surface area contributed by atoms with Crippen LogP contribution in [0.15, 0.2) is 50.4 Å². The molecule has 0 saturated heterocycles. The number of nitro benzene ring substituents is 1. The van der Waals surface area contributed by atoms with Gasteiger partial charge in [-0.3, -0.25) is 20.3 Å². The Labute approximate surface area is 222 Å². The minimum absolute atomic E-state index is 0.0411. The van der Waals surface area contributed by atoms with E-state index in [2.05, 4.69) is 4.99 Å². The number of amides is 1.